The Morgan fingerprint density at radius 2 is 1.92 bits per heavy atom. The number of nitrogens with zero attached hydrogens (tertiary/aromatic N) is 2. The predicted octanol–water partition coefficient (Wildman–Crippen LogP) is 5.05. The third-order valence-corrected chi connectivity index (χ3v) is 4.67. The predicted molar refractivity (Wildman–Crippen MR) is 104 cm³/mol. The lowest BCUT2D eigenvalue weighted by Gasteiger charge is -2.10. The molecule has 0 aliphatic rings. The number of fused-ring (bicyclic) bond motifs is 1. The van der Waals surface area contributed by atoms with E-state index in [1.165, 1.54) is 5.56 Å². The highest BCUT2D eigenvalue weighted by molar-refractivity contribution is 9.10. The van der Waals surface area contributed by atoms with Crippen LogP contribution in [-0.4, -0.2) is 36.7 Å². The summed E-state index contributed by atoms with van der Waals surface area (Å²) in [6.45, 7) is 2.29. The SMILES string of the molecule is CN(C)CCOc1cn(Cc2ccccc2)c2c(Br)cc(Cl)cc12. The number of benzene rings is 2. The largest absolute Gasteiger partial charge is 0.490 e. The summed E-state index contributed by atoms with van der Waals surface area (Å²) >= 11 is 9.89. The van der Waals surface area contributed by atoms with Crippen molar-refractivity contribution in [2.24, 2.45) is 0 Å². The fourth-order valence-electron chi connectivity index (χ4n) is 2.68. The van der Waals surface area contributed by atoms with Crippen LogP contribution in [0.2, 0.25) is 5.02 Å². The van der Waals surface area contributed by atoms with Gasteiger partial charge in [0.1, 0.15) is 12.4 Å². The first kappa shape index (κ1) is 17.3. The fourth-order valence-corrected chi connectivity index (χ4v) is 3.72. The van der Waals surface area contributed by atoms with E-state index >= 15 is 0 Å². The van der Waals surface area contributed by atoms with Crippen LogP contribution in [0.4, 0.5) is 0 Å². The number of halogens is 2. The molecule has 3 rings (SSSR count). The quantitative estimate of drug-likeness (QED) is 0.569. The Bertz CT molecular complexity index is 830. The Labute approximate surface area is 155 Å². The van der Waals surface area contributed by atoms with E-state index in [9.17, 15) is 0 Å². The number of hydrogen-bond acceptors (Lipinski definition) is 2. The summed E-state index contributed by atoms with van der Waals surface area (Å²) in [6.07, 6.45) is 2.06. The molecule has 5 heteroatoms. The number of hydrogen-bond donors (Lipinski definition) is 0. The Morgan fingerprint density at radius 1 is 1.17 bits per heavy atom. The molecular weight excluding hydrogens is 388 g/mol. The Balaban J connectivity index is 1.99. The van der Waals surface area contributed by atoms with E-state index in [4.69, 9.17) is 16.3 Å². The van der Waals surface area contributed by atoms with Gasteiger partial charge in [-0.3, -0.25) is 0 Å². The maximum Gasteiger partial charge on any atom is 0.144 e. The van der Waals surface area contributed by atoms with Gasteiger partial charge in [0.2, 0.25) is 0 Å². The molecule has 0 N–H and O–H groups in total. The molecule has 3 aromatic rings. The number of aromatic nitrogens is 1. The Kier molecular flexibility index (Phi) is 5.49. The minimum Gasteiger partial charge on any atom is -0.490 e. The zero-order valence-corrected chi connectivity index (χ0v) is 16.1. The van der Waals surface area contributed by atoms with Crippen molar-refractivity contribution >= 4 is 38.4 Å². The molecule has 3 nitrogen and oxygen atoms in total. The van der Waals surface area contributed by atoms with E-state index in [0.29, 0.717) is 11.6 Å². The molecule has 0 spiro atoms. The Hall–Kier alpha value is -1.49. The lowest BCUT2D eigenvalue weighted by Crippen LogP contribution is -2.19. The zero-order chi connectivity index (χ0) is 17.1. The van der Waals surface area contributed by atoms with Crippen LogP contribution < -0.4 is 4.74 Å². The molecule has 1 heterocycles. The van der Waals surface area contributed by atoms with Gasteiger partial charge < -0.3 is 14.2 Å². The second kappa shape index (κ2) is 7.60. The second-order valence-electron chi connectivity index (χ2n) is 6.04. The first-order chi connectivity index (χ1) is 11.5. The summed E-state index contributed by atoms with van der Waals surface area (Å²) in [7, 11) is 4.07. The monoisotopic (exact) mass is 406 g/mol. The van der Waals surface area contributed by atoms with Gasteiger partial charge in [-0.05, 0) is 47.7 Å². The zero-order valence-electron chi connectivity index (χ0n) is 13.8. The van der Waals surface area contributed by atoms with Gasteiger partial charge in [-0.1, -0.05) is 41.9 Å². The van der Waals surface area contributed by atoms with Crippen molar-refractivity contribution < 1.29 is 4.74 Å². The highest BCUT2D eigenvalue weighted by atomic mass is 79.9. The Morgan fingerprint density at radius 3 is 2.62 bits per heavy atom. The lowest BCUT2D eigenvalue weighted by molar-refractivity contribution is 0.263. The minimum absolute atomic E-state index is 0.640. The number of likely N-dealkylation sites (N-methyl/N-ethyl adjacent to an activating group) is 1. The lowest BCUT2D eigenvalue weighted by atomic mass is 10.2. The average Bonchev–Trinajstić information content (AvgIpc) is 2.86. The summed E-state index contributed by atoms with van der Waals surface area (Å²) in [6, 6.07) is 14.3. The summed E-state index contributed by atoms with van der Waals surface area (Å²) in [5, 5.41) is 1.73. The van der Waals surface area contributed by atoms with E-state index in [-0.39, 0.29) is 0 Å². The highest BCUT2D eigenvalue weighted by Gasteiger charge is 2.14. The van der Waals surface area contributed by atoms with Gasteiger partial charge in [0, 0.05) is 34.2 Å². The number of ether oxygens (including phenoxy) is 1. The van der Waals surface area contributed by atoms with Crippen LogP contribution in [0.3, 0.4) is 0 Å². The first-order valence-corrected chi connectivity index (χ1v) is 9.01. The van der Waals surface area contributed by atoms with Crippen LogP contribution in [0.1, 0.15) is 5.56 Å². The van der Waals surface area contributed by atoms with Gasteiger partial charge in [0.25, 0.3) is 0 Å². The van der Waals surface area contributed by atoms with Crippen molar-refractivity contribution in [3.63, 3.8) is 0 Å². The van der Waals surface area contributed by atoms with Gasteiger partial charge in [-0.2, -0.15) is 0 Å². The van der Waals surface area contributed by atoms with Gasteiger partial charge >= 0.3 is 0 Å². The van der Waals surface area contributed by atoms with Crippen molar-refractivity contribution in [1.82, 2.24) is 9.47 Å². The van der Waals surface area contributed by atoms with Gasteiger partial charge in [0.15, 0.2) is 0 Å². The van der Waals surface area contributed by atoms with Crippen LogP contribution >= 0.6 is 27.5 Å². The average molecular weight is 408 g/mol. The maximum atomic E-state index is 6.25. The summed E-state index contributed by atoms with van der Waals surface area (Å²) in [5.41, 5.74) is 2.35. The molecule has 0 radical (unpaired) electrons. The molecule has 0 aliphatic carbocycles. The number of rotatable bonds is 6. The molecule has 0 aliphatic heterocycles. The van der Waals surface area contributed by atoms with Crippen molar-refractivity contribution in [3.8, 4) is 5.75 Å². The molecule has 0 bridgehead atoms. The summed E-state index contributed by atoms with van der Waals surface area (Å²) in [4.78, 5) is 2.10. The van der Waals surface area contributed by atoms with E-state index < -0.39 is 0 Å². The molecule has 126 valence electrons. The third-order valence-electron chi connectivity index (χ3n) is 3.85. The molecule has 0 saturated heterocycles. The van der Waals surface area contributed by atoms with E-state index in [1.54, 1.807) is 0 Å². The molecule has 0 amide bonds. The minimum atomic E-state index is 0.640. The smallest absolute Gasteiger partial charge is 0.144 e. The highest BCUT2D eigenvalue weighted by Crippen LogP contribution is 2.36. The maximum absolute atomic E-state index is 6.25. The normalized spacial score (nSPS) is 11.4. The molecular formula is C19H20BrClN2O. The molecule has 1 aromatic heterocycles. The van der Waals surface area contributed by atoms with Gasteiger partial charge in [-0.25, -0.2) is 0 Å². The van der Waals surface area contributed by atoms with Crippen molar-refractivity contribution in [2.45, 2.75) is 6.54 Å². The summed E-state index contributed by atoms with van der Waals surface area (Å²) in [5.74, 6) is 0.867. The molecule has 24 heavy (non-hydrogen) atoms. The van der Waals surface area contributed by atoms with Crippen molar-refractivity contribution in [3.05, 3.63) is 63.7 Å². The fraction of sp³-hybridized carbons (Fsp3) is 0.263. The van der Waals surface area contributed by atoms with Crippen LogP contribution in [0.25, 0.3) is 10.9 Å². The molecule has 0 atom stereocenters. The van der Waals surface area contributed by atoms with Crippen LogP contribution in [0.5, 0.6) is 5.75 Å². The van der Waals surface area contributed by atoms with Crippen molar-refractivity contribution in [2.75, 3.05) is 27.2 Å². The molecule has 0 saturated carbocycles. The second-order valence-corrected chi connectivity index (χ2v) is 7.33. The first-order valence-electron chi connectivity index (χ1n) is 7.84. The van der Waals surface area contributed by atoms with Crippen LogP contribution in [0.15, 0.2) is 53.1 Å². The standard InChI is InChI=1S/C19H20BrClN2O/c1-22(2)8-9-24-18-13-23(12-14-6-4-3-5-7-14)19-16(18)10-15(21)11-17(19)20/h3-7,10-11,13H,8-9,12H2,1-2H3. The van der Waals surface area contributed by atoms with Crippen molar-refractivity contribution in [1.29, 1.82) is 0 Å². The van der Waals surface area contributed by atoms with E-state index in [1.807, 2.05) is 32.3 Å². The molecule has 0 unspecified atom stereocenters. The van der Waals surface area contributed by atoms with E-state index in [2.05, 4.69) is 55.9 Å². The van der Waals surface area contributed by atoms with Gasteiger partial charge in [-0.15, -0.1) is 0 Å². The van der Waals surface area contributed by atoms with Gasteiger partial charge in [0.05, 0.1) is 5.52 Å². The third kappa shape index (κ3) is 3.94. The van der Waals surface area contributed by atoms with Crippen LogP contribution in [0, 0.1) is 0 Å². The summed E-state index contributed by atoms with van der Waals surface area (Å²) < 4.78 is 9.20. The molecule has 0 fully saturated rings. The van der Waals surface area contributed by atoms with E-state index in [0.717, 1.165) is 34.2 Å². The van der Waals surface area contributed by atoms with Crippen LogP contribution in [-0.2, 0) is 6.54 Å². The topological polar surface area (TPSA) is 17.4 Å². The molecule has 2 aromatic carbocycles.